The molecule has 2 heterocycles. The Kier molecular flexibility index (Phi) is 6.76. The number of hydrogen-bond acceptors (Lipinski definition) is 4. The quantitative estimate of drug-likeness (QED) is 0.529. The van der Waals surface area contributed by atoms with E-state index in [9.17, 15) is 4.79 Å². The number of aryl methyl sites for hydroxylation is 3. The molecule has 0 bridgehead atoms. The lowest BCUT2D eigenvalue weighted by Gasteiger charge is -2.29. The Labute approximate surface area is 190 Å². The van der Waals surface area contributed by atoms with Gasteiger partial charge in [-0.1, -0.05) is 71.8 Å². The predicted octanol–water partition coefficient (Wildman–Crippen LogP) is 4.86. The second-order valence-electron chi connectivity index (χ2n) is 8.61. The molecule has 0 unspecified atom stereocenters. The van der Waals surface area contributed by atoms with Crippen LogP contribution in [0.1, 0.15) is 41.3 Å². The van der Waals surface area contributed by atoms with Crippen LogP contribution in [0, 0.1) is 13.8 Å². The molecule has 0 aliphatic carbocycles. The lowest BCUT2D eigenvalue weighted by molar-refractivity contribution is -0.113. The largest absolute Gasteiger partial charge is 0.289 e. The van der Waals surface area contributed by atoms with Crippen molar-refractivity contribution in [1.29, 1.82) is 0 Å². The van der Waals surface area contributed by atoms with Gasteiger partial charge in [-0.15, -0.1) is 5.10 Å². The molecule has 0 amide bonds. The smallest absolute Gasteiger partial charge is 0.187 e. The van der Waals surface area contributed by atoms with E-state index in [1.807, 2.05) is 23.0 Å². The Hall–Kier alpha value is -3.31. The molecule has 32 heavy (non-hydrogen) atoms. The average Bonchev–Trinajstić information content (AvgIpc) is 3.21. The fourth-order valence-corrected chi connectivity index (χ4v) is 3.93. The molecule has 1 aliphatic rings. The molecule has 164 valence electrons. The SMILES string of the molecule is CCCn1cc(CN2C/C(=C/c3ccc(C)cc3)C(=O)/C(=C/c3ccc(C)cc3)C2)nn1. The van der Waals surface area contributed by atoms with E-state index in [4.69, 9.17) is 0 Å². The maximum absolute atomic E-state index is 13.4. The molecule has 0 spiro atoms. The summed E-state index contributed by atoms with van der Waals surface area (Å²) in [6.45, 7) is 8.98. The van der Waals surface area contributed by atoms with Crippen LogP contribution in [-0.2, 0) is 17.9 Å². The number of piperidine rings is 1. The Morgan fingerprint density at radius 1 is 0.875 bits per heavy atom. The molecule has 5 heteroatoms. The van der Waals surface area contributed by atoms with Gasteiger partial charge in [0, 0.05) is 43.5 Å². The number of benzene rings is 2. The van der Waals surface area contributed by atoms with Crippen molar-refractivity contribution in [3.8, 4) is 0 Å². The maximum atomic E-state index is 13.4. The number of hydrogen-bond donors (Lipinski definition) is 0. The number of ketones is 1. The van der Waals surface area contributed by atoms with Gasteiger partial charge >= 0.3 is 0 Å². The summed E-state index contributed by atoms with van der Waals surface area (Å²) >= 11 is 0. The summed E-state index contributed by atoms with van der Waals surface area (Å²) in [7, 11) is 0. The van der Waals surface area contributed by atoms with Gasteiger partial charge in [0.05, 0.1) is 5.69 Å². The lowest BCUT2D eigenvalue weighted by atomic mass is 9.94. The molecular weight excluding hydrogens is 396 g/mol. The van der Waals surface area contributed by atoms with Gasteiger partial charge in [-0.25, -0.2) is 0 Å². The minimum Gasteiger partial charge on any atom is -0.289 e. The van der Waals surface area contributed by atoms with Crippen molar-refractivity contribution >= 4 is 17.9 Å². The van der Waals surface area contributed by atoms with Gasteiger partial charge in [-0.2, -0.15) is 0 Å². The number of carbonyl (C=O) groups excluding carboxylic acids is 1. The standard InChI is InChI=1S/C27H30N4O/c1-4-13-31-19-26(28-29-31)18-30-16-24(14-22-9-5-20(2)6-10-22)27(32)25(17-30)15-23-11-7-21(3)8-12-23/h5-12,14-15,19H,4,13,16-18H2,1-3H3/b24-14-,25-15+. The van der Waals surface area contributed by atoms with Gasteiger partial charge in [0.1, 0.15) is 0 Å². The molecule has 5 nitrogen and oxygen atoms in total. The van der Waals surface area contributed by atoms with E-state index in [1.165, 1.54) is 11.1 Å². The van der Waals surface area contributed by atoms with Crippen LogP contribution in [0.2, 0.25) is 0 Å². The van der Waals surface area contributed by atoms with Crippen LogP contribution in [0.25, 0.3) is 12.2 Å². The first-order chi connectivity index (χ1) is 15.5. The van der Waals surface area contributed by atoms with Crippen molar-refractivity contribution in [3.05, 3.63) is 93.8 Å². The van der Waals surface area contributed by atoms with E-state index in [0.29, 0.717) is 19.6 Å². The zero-order valence-electron chi connectivity index (χ0n) is 19.1. The van der Waals surface area contributed by atoms with Crippen molar-refractivity contribution in [1.82, 2.24) is 19.9 Å². The fourth-order valence-electron chi connectivity index (χ4n) is 3.93. The van der Waals surface area contributed by atoms with Gasteiger partial charge < -0.3 is 0 Å². The van der Waals surface area contributed by atoms with E-state index in [0.717, 1.165) is 40.9 Å². The Morgan fingerprint density at radius 2 is 1.41 bits per heavy atom. The number of aromatic nitrogens is 3. The number of carbonyl (C=O) groups is 1. The Bertz CT molecular complexity index is 1070. The molecular formula is C27H30N4O. The van der Waals surface area contributed by atoms with Crippen LogP contribution >= 0.6 is 0 Å². The van der Waals surface area contributed by atoms with E-state index >= 15 is 0 Å². The maximum Gasteiger partial charge on any atom is 0.187 e. The molecule has 4 rings (SSSR count). The molecule has 0 atom stereocenters. The molecule has 0 saturated carbocycles. The first-order valence-corrected chi connectivity index (χ1v) is 11.2. The van der Waals surface area contributed by atoms with Gasteiger partial charge in [0.15, 0.2) is 5.78 Å². The number of nitrogens with zero attached hydrogens (tertiary/aromatic N) is 4. The summed E-state index contributed by atoms with van der Waals surface area (Å²) in [5.41, 5.74) is 7.04. The first-order valence-electron chi connectivity index (χ1n) is 11.2. The normalized spacial score (nSPS) is 17.4. The van der Waals surface area contributed by atoms with Crippen LogP contribution in [0.15, 0.2) is 65.9 Å². The van der Waals surface area contributed by atoms with Crippen molar-refractivity contribution in [2.45, 2.75) is 40.3 Å². The summed E-state index contributed by atoms with van der Waals surface area (Å²) in [4.78, 5) is 15.6. The summed E-state index contributed by atoms with van der Waals surface area (Å²) in [6.07, 6.45) is 7.07. The van der Waals surface area contributed by atoms with Gasteiger partial charge in [0.2, 0.25) is 0 Å². The number of Topliss-reactive ketones (excluding diaryl/α,β-unsaturated/α-hetero) is 1. The van der Waals surface area contributed by atoms with Gasteiger partial charge in [-0.3, -0.25) is 14.4 Å². The molecule has 2 aromatic carbocycles. The van der Waals surface area contributed by atoms with Crippen LogP contribution in [0.4, 0.5) is 0 Å². The molecule has 1 saturated heterocycles. The van der Waals surface area contributed by atoms with Crippen molar-refractivity contribution in [3.63, 3.8) is 0 Å². The van der Waals surface area contributed by atoms with Crippen LogP contribution < -0.4 is 0 Å². The molecule has 1 aromatic heterocycles. The molecule has 3 aromatic rings. The molecule has 1 fully saturated rings. The first kappa shape index (κ1) is 21.9. The highest BCUT2D eigenvalue weighted by molar-refractivity contribution is 6.14. The van der Waals surface area contributed by atoms with Crippen molar-refractivity contribution < 1.29 is 4.79 Å². The zero-order chi connectivity index (χ0) is 22.5. The topological polar surface area (TPSA) is 51.0 Å². The van der Waals surface area contributed by atoms with E-state index < -0.39 is 0 Å². The van der Waals surface area contributed by atoms with Gasteiger partial charge in [0.25, 0.3) is 0 Å². The minimum absolute atomic E-state index is 0.122. The second-order valence-corrected chi connectivity index (χ2v) is 8.61. The van der Waals surface area contributed by atoms with E-state index in [-0.39, 0.29) is 5.78 Å². The Balaban J connectivity index is 1.63. The minimum atomic E-state index is 0.122. The summed E-state index contributed by atoms with van der Waals surface area (Å²) in [5, 5.41) is 8.55. The predicted molar refractivity (Wildman–Crippen MR) is 129 cm³/mol. The third kappa shape index (κ3) is 5.48. The van der Waals surface area contributed by atoms with Crippen LogP contribution in [-0.4, -0.2) is 38.8 Å². The van der Waals surface area contributed by atoms with Crippen molar-refractivity contribution in [2.24, 2.45) is 0 Å². The van der Waals surface area contributed by atoms with Crippen LogP contribution in [0.3, 0.4) is 0 Å². The monoisotopic (exact) mass is 426 g/mol. The van der Waals surface area contributed by atoms with Crippen molar-refractivity contribution in [2.75, 3.05) is 13.1 Å². The Morgan fingerprint density at radius 3 is 1.91 bits per heavy atom. The molecule has 1 aliphatic heterocycles. The lowest BCUT2D eigenvalue weighted by Crippen LogP contribution is -2.37. The molecule has 0 N–H and O–H groups in total. The fraction of sp³-hybridized carbons (Fsp3) is 0.296. The number of likely N-dealkylation sites (tertiary alicyclic amines) is 1. The van der Waals surface area contributed by atoms with Crippen LogP contribution in [0.5, 0.6) is 0 Å². The highest BCUT2D eigenvalue weighted by atomic mass is 16.1. The van der Waals surface area contributed by atoms with Gasteiger partial charge in [-0.05, 0) is 43.5 Å². The summed E-state index contributed by atoms with van der Waals surface area (Å²) in [5.74, 6) is 0.122. The third-order valence-electron chi connectivity index (χ3n) is 5.63. The average molecular weight is 427 g/mol. The third-order valence-corrected chi connectivity index (χ3v) is 5.63. The zero-order valence-corrected chi connectivity index (χ0v) is 19.1. The number of rotatable bonds is 6. The molecule has 0 radical (unpaired) electrons. The second kappa shape index (κ2) is 9.88. The summed E-state index contributed by atoms with van der Waals surface area (Å²) < 4.78 is 1.89. The summed E-state index contributed by atoms with van der Waals surface area (Å²) in [6, 6.07) is 16.6. The van der Waals surface area contributed by atoms with E-state index in [2.05, 4.69) is 84.5 Å². The highest BCUT2D eigenvalue weighted by Gasteiger charge is 2.26. The highest BCUT2D eigenvalue weighted by Crippen LogP contribution is 2.23. The van der Waals surface area contributed by atoms with E-state index in [1.54, 1.807) is 0 Å².